The van der Waals surface area contributed by atoms with Gasteiger partial charge in [0.05, 0.1) is 0 Å². The van der Waals surface area contributed by atoms with Crippen LogP contribution in [-0.4, -0.2) is 38.7 Å². The monoisotopic (exact) mass is 395 g/mol. The molecule has 0 bridgehead atoms. The zero-order valence-corrected chi connectivity index (χ0v) is 17.8. The number of aromatic hydroxyl groups is 1. The first kappa shape index (κ1) is 20.2. The Morgan fingerprint density at radius 1 is 0.966 bits per heavy atom. The summed E-state index contributed by atoms with van der Waals surface area (Å²) in [7, 11) is 3.45. The van der Waals surface area contributed by atoms with Gasteiger partial charge in [-0.1, -0.05) is 25.1 Å². The summed E-state index contributed by atoms with van der Waals surface area (Å²) in [5.74, 6) is 1.86. The van der Waals surface area contributed by atoms with E-state index in [9.17, 15) is 5.11 Å². The van der Waals surface area contributed by atoms with E-state index in [0.717, 1.165) is 38.8 Å². The fraction of sp³-hybridized carbons (Fsp3) is 0.520. The highest BCUT2D eigenvalue weighted by Gasteiger charge is 2.29. The number of phenols is 1. The van der Waals surface area contributed by atoms with Crippen molar-refractivity contribution in [1.29, 1.82) is 0 Å². The average molecular weight is 396 g/mol. The Balaban J connectivity index is 1.48. The summed E-state index contributed by atoms with van der Waals surface area (Å²) in [6.07, 6.45) is 4.30. The number of piperidine rings is 1. The number of hydrogen-bond donors (Lipinski definition) is 1. The number of methoxy groups -OCH3 is 2. The molecule has 1 saturated heterocycles. The average Bonchev–Trinajstić information content (AvgIpc) is 2.75. The molecule has 4 heteroatoms. The highest BCUT2D eigenvalue weighted by Crippen LogP contribution is 2.42. The van der Waals surface area contributed by atoms with E-state index in [4.69, 9.17) is 9.47 Å². The Labute approximate surface area is 174 Å². The minimum atomic E-state index is -0.0909. The van der Waals surface area contributed by atoms with Crippen molar-refractivity contribution >= 4 is 5.69 Å². The van der Waals surface area contributed by atoms with Crippen molar-refractivity contribution in [1.82, 2.24) is 0 Å². The van der Waals surface area contributed by atoms with Crippen molar-refractivity contribution in [3.63, 3.8) is 0 Å². The lowest BCUT2D eigenvalue weighted by atomic mass is 9.72. The van der Waals surface area contributed by atoms with Gasteiger partial charge in [-0.2, -0.15) is 0 Å². The van der Waals surface area contributed by atoms with Gasteiger partial charge in [0.1, 0.15) is 5.75 Å². The second-order valence-corrected chi connectivity index (χ2v) is 8.63. The van der Waals surface area contributed by atoms with Crippen molar-refractivity contribution in [2.45, 2.75) is 44.8 Å². The molecule has 1 fully saturated rings. The molecule has 2 atom stereocenters. The molecule has 2 aliphatic rings. The van der Waals surface area contributed by atoms with Crippen molar-refractivity contribution < 1.29 is 14.6 Å². The zero-order chi connectivity index (χ0) is 20.4. The van der Waals surface area contributed by atoms with Crippen LogP contribution in [0.1, 0.15) is 48.8 Å². The van der Waals surface area contributed by atoms with E-state index in [1.165, 1.54) is 22.4 Å². The lowest BCUT2D eigenvalue weighted by molar-refractivity contribution is -0.141. The summed E-state index contributed by atoms with van der Waals surface area (Å²) in [5, 5.41) is 9.85. The largest absolute Gasteiger partial charge is 0.508 e. The summed E-state index contributed by atoms with van der Waals surface area (Å²) >= 11 is 0. The molecule has 4 nitrogen and oxygen atoms in total. The molecule has 0 amide bonds. The summed E-state index contributed by atoms with van der Waals surface area (Å²) in [6.45, 7) is 4.42. The molecular formula is C25H33NO3. The lowest BCUT2D eigenvalue weighted by Gasteiger charge is -2.36. The maximum atomic E-state index is 9.85. The first-order valence-electron chi connectivity index (χ1n) is 10.8. The smallest absolute Gasteiger partial charge is 0.159 e. The summed E-state index contributed by atoms with van der Waals surface area (Å²) < 4.78 is 10.9. The van der Waals surface area contributed by atoms with Crippen molar-refractivity contribution in [2.75, 3.05) is 32.2 Å². The highest BCUT2D eigenvalue weighted by molar-refractivity contribution is 5.51. The Morgan fingerprint density at radius 2 is 1.66 bits per heavy atom. The van der Waals surface area contributed by atoms with E-state index in [1.54, 1.807) is 14.2 Å². The molecule has 1 aliphatic heterocycles. The van der Waals surface area contributed by atoms with Crippen molar-refractivity contribution in [3.8, 4) is 5.75 Å². The van der Waals surface area contributed by atoms with Crippen molar-refractivity contribution in [3.05, 3.63) is 59.2 Å². The van der Waals surface area contributed by atoms with E-state index in [2.05, 4.69) is 42.2 Å². The van der Waals surface area contributed by atoms with Crippen LogP contribution in [0.5, 0.6) is 5.75 Å². The van der Waals surface area contributed by atoms with E-state index in [0.29, 0.717) is 23.5 Å². The third kappa shape index (κ3) is 4.15. The SMILES string of the molecule is COC(OC)C1CCN(c2ccc([C@@H]3c4ccc(O)cc4CC[C@@H]3C)cc2)CC1. The normalized spacial score (nSPS) is 22.7. The Bertz CT molecular complexity index is 807. The number of rotatable bonds is 5. The topological polar surface area (TPSA) is 41.9 Å². The van der Waals surface area contributed by atoms with Crippen LogP contribution >= 0.6 is 0 Å². The van der Waals surface area contributed by atoms with Gasteiger partial charge in [-0.05, 0) is 72.6 Å². The third-order valence-corrected chi connectivity index (χ3v) is 6.91. The number of aryl methyl sites for hydroxylation is 1. The molecule has 2 aromatic carbocycles. The molecule has 0 spiro atoms. The van der Waals surface area contributed by atoms with E-state index in [-0.39, 0.29) is 6.29 Å². The van der Waals surface area contributed by atoms with Crippen LogP contribution in [-0.2, 0) is 15.9 Å². The van der Waals surface area contributed by atoms with Crippen LogP contribution < -0.4 is 4.90 Å². The van der Waals surface area contributed by atoms with Gasteiger partial charge >= 0.3 is 0 Å². The minimum Gasteiger partial charge on any atom is -0.508 e. The predicted octanol–water partition coefficient (Wildman–Crippen LogP) is 4.94. The maximum Gasteiger partial charge on any atom is 0.159 e. The highest BCUT2D eigenvalue weighted by atomic mass is 16.7. The van der Waals surface area contributed by atoms with Gasteiger partial charge in [-0.15, -0.1) is 0 Å². The second-order valence-electron chi connectivity index (χ2n) is 8.63. The molecule has 1 aliphatic carbocycles. The Morgan fingerprint density at radius 3 is 2.31 bits per heavy atom. The number of anilines is 1. The molecule has 0 unspecified atom stereocenters. The molecule has 1 heterocycles. The fourth-order valence-corrected chi connectivity index (χ4v) is 5.28. The molecule has 0 radical (unpaired) electrons. The van der Waals surface area contributed by atoms with Gasteiger partial charge < -0.3 is 19.5 Å². The number of nitrogens with zero attached hydrogens (tertiary/aromatic N) is 1. The van der Waals surface area contributed by atoms with Crippen LogP contribution in [0.2, 0.25) is 0 Å². The molecule has 2 aromatic rings. The molecular weight excluding hydrogens is 362 g/mol. The quantitative estimate of drug-likeness (QED) is 0.728. The van der Waals surface area contributed by atoms with Crippen LogP contribution in [0.3, 0.4) is 0 Å². The molecule has 156 valence electrons. The van der Waals surface area contributed by atoms with E-state index < -0.39 is 0 Å². The third-order valence-electron chi connectivity index (χ3n) is 6.91. The zero-order valence-electron chi connectivity index (χ0n) is 17.8. The molecule has 29 heavy (non-hydrogen) atoms. The van der Waals surface area contributed by atoms with E-state index in [1.807, 2.05) is 12.1 Å². The molecule has 0 aromatic heterocycles. The number of phenolic OH excluding ortho intramolecular Hbond substituents is 1. The van der Waals surface area contributed by atoms with Gasteiger partial charge in [0.15, 0.2) is 6.29 Å². The summed E-state index contributed by atoms with van der Waals surface area (Å²) in [4.78, 5) is 2.47. The van der Waals surface area contributed by atoms with Gasteiger partial charge in [-0.3, -0.25) is 0 Å². The van der Waals surface area contributed by atoms with Crippen LogP contribution in [0.4, 0.5) is 5.69 Å². The number of hydrogen-bond acceptors (Lipinski definition) is 4. The number of fused-ring (bicyclic) bond motifs is 1. The molecule has 1 N–H and O–H groups in total. The summed E-state index contributed by atoms with van der Waals surface area (Å²) in [5.41, 5.74) is 5.35. The van der Waals surface area contributed by atoms with Gasteiger partial charge in [0.2, 0.25) is 0 Å². The van der Waals surface area contributed by atoms with Gasteiger partial charge in [0.25, 0.3) is 0 Å². The first-order valence-corrected chi connectivity index (χ1v) is 10.8. The Kier molecular flexibility index (Phi) is 6.12. The standard InChI is InChI=1S/C25H33NO3/c1-17-4-5-20-16-22(27)10-11-23(20)24(17)18-6-8-21(9-7-18)26-14-12-19(13-15-26)25(28-2)29-3/h6-11,16-17,19,24-25,27H,4-5,12-15H2,1-3H3/t17-,24+/m0/s1. The molecule has 0 saturated carbocycles. The van der Waals surface area contributed by atoms with Crippen LogP contribution in [0.25, 0.3) is 0 Å². The number of ether oxygens (including phenoxy) is 2. The fourth-order valence-electron chi connectivity index (χ4n) is 5.28. The van der Waals surface area contributed by atoms with Gasteiger partial charge in [0, 0.05) is 44.8 Å². The first-order chi connectivity index (χ1) is 14.1. The molecule has 4 rings (SSSR count). The van der Waals surface area contributed by atoms with Crippen molar-refractivity contribution in [2.24, 2.45) is 11.8 Å². The predicted molar refractivity (Wildman–Crippen MR) is 117 cm³/mol. The number of benzene rings is 2. The van der Waals surface area contributed by atoms with Gasteiger partial charge in [-0.25, -0.2) is 0 Å². The second kappa shape index (κ2) is 8.76. The van der Waals surface area contributed by atoms with Crippen LogP contribution in [0, 0.1) is 11.8 Å². The Hall–Kier alpha value is -2.04. The van der Waals surface area contributed by atoms with E-state index >= 15 is 0 Å². The van der Waals surface area contributed by atoms with Crippen LogP contribution in [0.15, 0.2) is 42.5 Å². The summed E-state index contributed by atoms with van der Waals surface area (Å²) in [6, 6.07) is 15.1. The minimum absolute atomic E-state index is 0.0909. The lowest BCUT2D eigenvalue weighted by Crippen LogP contribution is -2.39. The maximum absolute atomic E-state index is 9.85.